The number of para-hydroxylation sites is 1. The highest BCUT2D eigenvalue weighted by Crippen LogP contribution is 2.09. The van der Waals surface area contributed by atoms with Gasteiger partial charge in [-0.25, -0.2) is 4.79 Å². The molecule has 0 aromatic heterocycles. The van der Waals surface area contributed by atoms with Gasteiger partial charge in [0.1, 0.15) is 5.75 Å². The summed E-state index contributed by atoms with van der Waals surface area (Å²) in [5.74, 6) is 0.475. The van der Waals surface area contributed by atoms with Crippen LogP contribution in [0.1, 0.15) is 13.3 Å². The Balaban J connectivity index is 2.25. The molecule has 15 heavy (non-hydrogen) atoms. The Hall–Kier alpha value is -1.55. The van der Waals surface area contributed by atoms with Gasteiger partial charge in [0.2, 0.25) is 0 Å². The van der Waals surface area contributed by atoms with Gasteiger partial charge >= 0.3 is 6.16 Å². The maximum Gasteiger partial charge on any atom is 0.513 e. The first-order chi connectivity index (χ1) is 7.18. The molecule has 0 aliphatic rings. The third kappa shape index (κ3) is 5.02. The topological polar surface area (TPSA) is 61.5 Å². The fraction of sp³-hybridized carbons (Fsp3) is 0.364. The molecule has 0 amide bonds. The van der Waals surface area contributed by atoms with Crippen LogP contribution in [0.25, 0.3) is 0 Å². The fourth-order valence-corrected chi connectivity index (χ4v) is 0.942. The van der Waals surface area contributed by atoms with Crippen molar-refractivity contribution in [2.45, 2.75) is 19.4 Å². The van der Waals surface area contributed by atoms with E-state index in [0.717, 1.165) is 0 Å². The van der Waals surface area contributed by atoms with Crippen molar-refractivity contribution in [2.75, 3.05) is 6.61 Å². The average molecular weight is 209 g/mol. The first-order valence-electron chi connectivity index (χ1n) is 4.83. The van der Waals surface area contributed by atoms with E-state index >= 15 is 0 Å². The molecule has 1 aromatic rings. The molecule has 4 nitrogen and oxygen atoms in total. The summed E-state index contributed by atoms with van der Waals surface area (Å²) in [4.78, 5) is 11.1. The number of carbonyl (C=O) groups is 1. The SMILES string of the molecule is CC(N)CCOC(=O)Oc1ccccc1. The second-order valence-corrected chi connectivity index (χ2v) is 3.28. The van der Waals surface area contributed by atoms with E-state index in [1.807, 2.05) is 13.0 Å². The molecule has 0 heterocycles. The van der Waals surface area contributed by atoms with Gasteiger partial charge in [-0.05, 0) is 25.5 Å². The molecular formula is C11H15NO3. The minimum atomic E-state index is -0.693. The number of rotatable bonds is 4. The molecule has 0 saturated carbocycles. The summed E-state index contributed by atoms with van der Waals surface area (Å²) in [6.07, 6.45) is -0.0639. The van der Waals surface area contributed by atoms with E-state index in [1.165, 1.54) is 0 Å². The Morgan fingerprint density at radius 3 is 2.67 bits per heavy atom. The van der Waals surface area contributed by atoms with E-state index in [0.29, 0.717) is 12.2 Å². The van der Waals surface area contributed by atoms with Crippen molar-refractivity contribution >= 4 is 6.16 Å². The second kappa shape index (κ2) is 6.03. The van der Waals surface area contributed by atoms with Gasteiger partial charge in [0.05, 0.1) is 6.61 Å². The highest BCUT2D eigenvalue weighted by molar-refractivity contribution is 5.63. The molecule has 0 bridgehead atoms. The Morgan fingerprint density at radius 2 is 2.07 bits per heavy atom. The van der Waals surface area contributed by atoms with Crippen molar-refractivity contribution < 1.29 is 14.3 Å². The van der Waals surface area contributed by atoms with Gasteiger partial charge in [0, 0.05) is 6.04 Å². The Bertz CT molecular complexity index is 298. The molecule has 1 rings (SSSR count). The highest BCUT2D eigenvalue weighted by Gasteiger charge is 2.05. The van der Waals surface area contributed by atoms with Crippen LogP contribution in [-0.2, 0) is 4.74 Å². The monoisotopic (exact) mass is 209 g/mol. The zero-order valence-corrected chi connectivity index (χ0v) is 8.68. The third-order valence-electron chi connectivity index (χ3n) is 1.74. The number of ether oxygens (including phenoxy) is 2. The summed E-state index contributed by atoms with van der Waals surface area (Å²) in [5.41, 5.74) is 5.50. The molecule has 0 spiro atoms. The lowest BCUT2D eigenvalue weighted by Crippen LogP contribution is -2.19. The molecule has 0 radical (unpaired) electrons. The fourth-order valence-electron chi connectivity index (χ4n) is 0.942. The maximum absolute atomic E-state index is 11.1. The molecule has 0 aliphatic carbocycles. The smallest absolute Gasteiger partial charge is 0.434 e. The summed E-state index contributed by atoms with van der Waals surface area (Å²) >= 11 is 0. The van der Waals surface area contributed by atoms with Crippen molar-refractivity contribution in [1.29, 1.82) is 0 Å². The normalized spacial score (nSPS) is 11.9. The molecule has 0 saturated heterocycles. The predicted molar refractivity (Wildman–Crippen MR) is 56.7 cm³/mol. The number of carbonyl (C=O) groups excluding carboxylic acids is 1. The molecule has 82 valence electrons. The second-order valence-electron chi connectivity index (χ2n) is 3.28. The summed E-state index contributed by atoms with van der Waals surface area (Å²) in [6, 6.07) is 8.80. The largest absolute Gasteiger partial charge is 0.513 e. The average Bonchev–Trinajstić information content (AvgIpc) is 2.18. The van der Waals surface area contributed by atoms with Crippen LogP contribution in [0.2, 0.25) is 0 Å². The van der Waals surface area contributed by atoms with Crippen molar-refractivity contribution in [1.82, 2.24) is 0 Å². The number of hydrogen-bond donors (Lipinski definition) is 1. The lowest BCUT2D eigenvalue weighted by atomic mass is 10.3. The van der Waals surface area contributed by atoms with Gasteiger partial charge in [0.15, 0.2) is 0 Å². The molecule has 2 N–H and O–H groups in total. The zero-order chi connectivity index (χ0) is 11.1. The minimum absolute atomic E-state index is 0.0227. The van der Waals surface area contributed by atoms with Crippen LogP contribution in [0.5, 0.6) is 5.75 Å². The number of benzene rings is 1. The number of nitrogens with two attached hydrogens (primary N) is 1. The summed E-state index contributed by atoms with van der Waals surface area (Å²) in [6.45, 7) is 2.13. The predicted octanol–water partition coefficient (Wildman–Crippen LogP) is 1.94. The van der Waals surface area contributed by atoms with Crippen molar-refractivity contribution in [3.8, 4) is 5.75 Å². The Kier molecular flexibility index (Phi) is 4.63. The van der Waals surface area contributed by atoms with E-state index in [-0.39, 0.29) is 12.6 Å². The van der Waals surface area contributed by atoms with Gasteiger partial charge in [-0.2, -0.15) is 0 Å². The van der Waals surface area contributed by atoms with Crippen LogP contribution >= 0.6 is 0 Å². The quantitative estimate of drug-likeness (QED) is 0.608. The summed E-state index contributed by atoms with van der Waals surface area (Å²) in [5, 5.41) is 0. The Morgan fingerprint density at radius 1 is 1.40 bits per heavy atom. The van der Waals surface area contributed by atoms with E-state index in [2.05, 4.69) is 0 Å². The third-order valence-corrected chi connectivity index (χ3v) is 1.74. The van der Waals surface area contributed by atoms with Crippen LogP contribution < -0.4 is 10.5 Å². The van der Waals surface area contributed by atoms with Crippen LogP contribution in [0.15, 0.2) is 30.3 Å². The van der Waals surface area contributed by atoms with Crippen LogP contribution in [-0.4, -0.2) is 18.8 Å². The van der Waals surface area contributed by atoms with Crippen molar-refractivity contribution in [3.63, 3.8) is 0 Å². The van der Waals surface area contributed by atoms with Gasteiger partial charge in [-0.15, -0.1) is 0 Å². The molecular weight excluding hydrogens is 194 g/mol. The number of hydrogen-bond acceptors (Lipinski definition) is 4. The van der Waals surface area contributed by atoms with Gasteiger partial charge < -0.3 is 15.2 Å². The molecule has 0 aliphatic heterocycles. The Labute approximate surface area is 89.0 Å². The maximum atomic E-state index is 11.1. The van der Waals surface area contributed by atoms with E-state index in [9.17, 15) is 4.79 Å². The van der Waals surface area contributed by atoms with Crippen LogP contribution in [0.4, 0.5) is 4.79 Å². The summed E-state index contributed by atoms with van der Waals surface area (Å²) in [7, 11) is 0. The van der Waals surface area contributed by atoms with Crippen LogP contribution in [0.3, 0.4) is 0 Å². The van der Waals surface area contributed by atoms with Gasteiger partial charge in [-0.3, -0.25) is 0 Å². The van der Waals surface area contributed by atoms with Crippen molar-refractivity contribution in [2.24, 2.45) is 5.73 Å². The minimum Gasteiger partial charge on any atom is -0.434 e. The van der Waals surface area contributed by atoms with E-state index in [1.54, 1.807) is 24.3 Å². The van der Waals surface area contributed by atoms with Gasteiger partial charge in [-0.1, -0.05) is 18.2 Å². The molecule has 1 atom stereocenters. The molecule has 4 heteroatoms. The molecule has 1 aromatic carbocycles. The lowest BCUT2D eigenvalue weighted by Gasteiger charge is -2.06. The standard InChI is InChI=1S/C11H15NO3/c1-9(12)7-8-14-11(13)15-10-5-3-2-4-6-10/h2-6,9H,7-8,12H2,1H3. The highest BCUT2D eigenvalue weighted by atomic mass is 16.7. The zero-order valence-electron chi connectivity index (χ0n) is 8.68. The van der Waals surface area contributed by atoms with E-state index in [4.69, 9.17) is 15.2 Å². The first kappa shape index (κ1) is 11.5. The lowest BCUT2D eigenvalue weighted by molar-refractivity contribution is 0.0967. The van der Waals surface area contributed by atoms with Crippen molar-refractivity contribution in [3.05, 3.63) is 30.3 Å². The molecule has 0 fully saturated rings. The van der Waals surface area contributed by atoms with E-state index < -0.39 is 6.16 Å². The van der Waals surface area contributed by atoms with Gasteiger partial charge in [0.25, 0.3) is 0 Å². The van der Waals surface area contributed by atoms with Crippen LogP contribution in [0, 0.1) is 0 Å². The molecule has 1 unspecified atom stereocenters. The summed E-state index contributed by atoms with van der Waals surface area (Å²) < 4.78 is 9.71. The first-order valence-corrected chi connectivity index (χ1v) is 4.83.